The summed E-state index contributed by atoms with van der Waals surface area (Å²) in [6, 6.07) is 9.98. The number of nitrogens with zero attached hydrogens (tertiary/aromatic N) is 2. The number of pyridine rings is 1. The van der Waals surface area contributed by atoms with E-state index in [0.29, 0.717) is 11.1 Å². The Bertz CT molecular complexity index is 1220. The fourth-order valence-electron chi connectivity index (χ4n) is 4.64. The number of benzene rings is 1. The van der Waals surface area contributed by atoms with Gasteiger partial charge in [0.2, 0.25) is 17.8 Å². The van der Waals surface area contributed by atoms with Crippen molar-refractivity contribution in [2.75, 3.05) is 13.6 Å². The van der Waals surface area contributed by atoms with Gasteiger partial charge in [-0.15, -0.1) is 0 Å². The SMILES string of the molecule is CN/C=C(/CC(=O)N1C[C@H](F)C[C@H]1C(=O)N[C@@H](c1ccccc1)c1ccc(C2CC2)c(F)n1)C(=N)C(F)F. The lowest BCUT2D eigenvalue weighted by Crippen LogP contribution is -2.47. The fourth-order valence-corrected chi connectivity index (χ4v) is 4.64. The lowest BCUT2D eigenvalue weighted by atomic mass is 10.0. The highest BCUT2D eigenvalue weighted by atomic mass is 19.3. The Morgan fingerprint density at radius 1 is 1.18 bits per heavy atom. The average Bonchev–Trinajstić information content (AvgIpc) is 3.66. The Morgan fingerprint density at radius 3 is 2.50 bits per heavy atom. The van der Waals surface area contributed by atoms with Gasteiger partial charge in [0.25, 0.3) is 6.43 Å². The second-order valence-electron chi connectivity index (χ2n) is 9.49. The molecule has 1 aliphatic carbocycles. The summed E-state index contributed by atoms with van der Waals surface area (Å²) < 4.78 is 55.4. The fraction of sp³-hybridized carbons (Fsp3) is 0.407. The number of hydrogen-bond acceptors (Lipinski definition) is 5. The summed E-state index contributed by atoms with van der Waals surface area (Å²) in [4.78, 5) is 31.5. The number of rotatable bonds is 10. The molecule has 202 valence electrons. The number of nitrogens with one attached hydrogen (secondary N) is 3. The van der Waals surface area contributed by atoms with E-state index in [0.717, 1.165) is 23.9 Å². The summed E-state index contributed by atoms with van der Waals surface area (Å²) in [7, 11) is 1.44. The average molecular weight is 532 g/mol. The number of carbonyl (C=O) groups excluding carboxylic acids is 2. The summed E-state index contributed by atoms with van der Waals surface area (Å²) in [5, 5.41) is 12.9. The van der Waals surface area contributed by atoms with E-state index >= 15 is 0 Å². The number of likely N-dealkylation sites (tertiary alicyclic amines) is 1. The highest BCUT2D eigenvalue weighted by Gasteiger charge is 2.41. The predicted molar refractivity (Wildman–Crippen MR) is 133 cm³/mol. The van der Waals surface area contributed by atoms with Gasteiger partial charge in [0.1, 0.15) is 17.9 Å². The Morgan fingerprint density at radius 2 is 1.89 bits per heavy atom. The standard InChI is InChI=1S/C27H29F4N5O2/c1-33-13-17(23(32)25(29)30)11-22(37)36-14-18(28)12-21(36)27(38)35-24(16-5-3-2-4-6-16)20-10-9-19(15-7-8-15)26(31)34-20/h2-6,9-10,13,15,18,21,24-25,32-33H,7-8,11-12,14H2,1H3,(H,35,38)/b17-13-,32-23?/t18-,21+,24+/m1/s1. The third kappa shape index (κ3) is 6.20. The van der Waals surface area contributed by atoms with Gasteiger partial charge < -0.3 is 15.5 Å². The van der Waals surface area contributed by atoms with Crippen LogP contribution in [0.5, 0.6) is 0 Å². The summed E-state index contributed by atoms with van der Waals surface area (Å²) in [5.74, 6) is -1.89. The minimum absolute atomic E-state index is 0.147. The maximum absolute atomic E-state index is 14.8. The van der Waals surface area contributed by atoms with Crippen LogP contribution < -0.4 is 10.6 Å². The zero-order valence-corrected chi connectivity index (χ0v) is 20.8. The number of carbonyl (C=O) groups is 2. The van der Waals surface area contributed by atoms with E-state index < -0.39 is 54.6 Å². The van der Waals surface area contributed by atoms with Crippen LogP contribution >= 0.6 is 0 Å². The molecule has 1 saturated heterocycles. The first-order valence-electron chi connectivity index (χ1n) is 12.4. The summed E-state index contributed by atoms with van der Waals surface area (Å²) in [6.45, 7) is -0.384. The Hall–Kier alpha value is -3.76. The molecular weight excluding hydrogens is 502 g/mol. The number of amides is 2. The molecule has 1 aromatic heterocycles. The molecule has 2 aromatic rings. The lowest BCUT2D eigenvalue weighted by Gasteiger charge is -2.27. The van der Waals surface area contributed by atoms with Crippen molar-refractivity contribution in [1.29, 1.82) is 5.41 Å². The van der Waals surface area contributed by atoms with Gasteiger partial charge in [-0.25, -0.2) is 18.2 Å². The van der Waals surface area contributed by atoms with Crippen molar-refractivity contribution >= 4 is 17.5 Å². The summed E-state index contributed by atoms with van der Waals surface area (Å²) >= 11 is 0. The van der Waals surface area contributed by atoms with Gasteiger partial charge in [-0.1, -0.05) is 36.4 Å². The number of aromatic nitrogens is 1. The molecule has 0 radical (unpaired) electrons. The van der Waals surface area contributed by atoms with Crippen LogP contribution in [-0.2, 0) is 9.59 Å². The Balaban J connectivity index is 1.56. The van der Waals surface area contributed by atoms with Crippen LogP contribution in [0.2, 0.25) is 0 Å². The first-order valence-corrected chi connectivity index (χ1v) is 12.4. The molecule has 4 rings (SSSR count). The van der Waals surface area contributed by atoms with Gasteiger partial charge >= 0.3 is 0 Å². The van der Waals surface area contributed by atoms with Crippen molar-refractivity contribution in [3.63, 3.8) is 0 Å². The molecule has 0 spiro atoms. The van der Waals surface area contributed by atoms with Crippen LogP contribution in [0.25, 0.3) is 0 Å². The smallest absolute Gasteiger partial charge is 0.280 e. The van der Waals surface area contributed by atoms with Crippen LogP contribution in [-0.4, -0.2) is 59.6 Å². The zero-order valence-electron chi connectivity index (χ0n) is 20.8. The molecule has 3 atom stereocenters. The normalized spacial score (nSPS) is 20.4. The molecule has 2 fully saturated rings. The van der Waals surface area contributed by atoms with E-state index in [1.54, 1.807) is 42.5 Å². The molecule has 2 amide bonds. The summed E-state index contributed by atoms with van der Waals surface area (Å²) in [6.07, 6.45) is -2.56. The highest BCUT2D eigenvalue weighted by molar-refractivity contribution is 6.04. The van der Waals surface area contributed by atoms with Crippen molar-refractivity contribution in [3.8, 4) is 0 Å². The quantitative estimate of drug-likeness (QED) is 0.245. The Kier molecular flexibility index (Phi) is 8.43. The maximum Gasteiger partial charge on any atom is 0.280 e. The van der Waals surface area contributed by atoms with Gasteiger partial charge in [-0.3, -0.25) is 15.0 Å². The maximum atomic E-state index is 14.8. The van der Waals surface area contributed by atoms with E-state index in [1.807, 2.05) is 0 Å². The summed E-state index contributed by atoms with van der Waals surface area (Å²) in [5.41, 5.74) is 0.107. The largest absolute Gasteiger partial charge is 0.394 e. The van der Waals surface area contributed by atoms with Crippen LogP contribution in [0.1, 0.15) is 54.5 Å². The molecule has 38 heavy (non-hydrogen) atoms. The monoisotopic (exact) mass is 531 g/mol. The van der Waals surface area contributed by atoms with Crippen LogP contribution in [0.15, 0.2) is 54.2 Å². The molecule has 1 aliphatic heterocycles. The molecule has 0 bridgehead atoms. The molecule has 1 aromatic carbocycles. The number of alkyl halides is 3. The van der Waals surface area contributed by atoms with Gasteiger partial charge in [0.15, 0.2) is 0 Å². The van der Waals surface area contributed by atoms with E-state index in [4.69, 9.17) is 5.41 Å². The van der Waals surface area contributed by atoms with Crippen molar-refractivity contribution in [2.45, 2.75) is 56.3 Å². The van der Waals surface area contributed by atoms with E-state index in [2.05, 4.69) is 15.6 Å². The second-order valence-corrected chi connectivity index (χ2v) is 9.49. The molecule has 2 aliphatic rings. The van der Waals surface area contributed by atoms with E-state index in [-0.39, 0.29) is 30.2 Å². The van der Waals surface area contributed by atoms with Gasteiger partial charge in [-0.05, 0) is 30.4 Å². The molecule has 7 nitrogen and oxygen atoms in total. The van der Waals surface area contributed by atoms with Crippen molar-refractivity contribution in [2.24, 2.45) is 0 Å². The first kappa shape index (κ1) is 27.3. The minimum atomic E-state index is -3.10. The molecule has 1 saturated carbocycles. The van der Waals surface area contributed by atoms with Crippen molar-refractivity contribution in [1.82, 2.24) is 20.5 Å². The number of halogens is 4. The second kappa shape index (κ2) is 11.7. The van der Waals surface area contributed by atoms with Crippen molar-refractivity contribution < 1.29 is 27.2 Å². The van der Waals surface area contributed by atoms with E-state index in [1.165, 1.54) is 7.05 Å². The molecule has 3 N–H and O–H groups in total. The number of hydrogen-bond donors (Lipinski definition) is 3. The molecule has 0 unspecified atom stereocenters. The van der Waals surface area contributed by atoms with Crippen LogP contribution in [0.4, 0.5) is 17.6 Å². The molecule has 2 heterocycles. The third-order valence-corrected chi connectivity index (χ3v) is 6.73. The van der Waals surface area contributed by atoms with Crippen LogP contribution in [0, 0.1) is 11.4 Å². The third-order valence-electron chi connectivity index (χ3n) is 6.73. The van der Waals surface area contributed by atoms with E-state index in [9.17, 15) is 27.2 Å². The zero-order chi connectivity index (χ0) is 27.4. The highest BCUT2D eigenvalue weighted by Crippen LogP contribution is 2.41. The Labute approximate surface area is 217 Å². The first-order chi connectivity index (χ1) is 18.2. The van der Waals surface area contributed by atoms with Gasteiger partial charge in [-0.2, -0.15) is 4.39 Å². The topological polar surface area (TPSA) is 98.2 Å². The minimum Gasteiger partial charge on any atom is -0.394 e. The molecular formula is C27H29F4N5O2. The predicted octanol–water partition coefficient (Wildman–Crippen LogP) is 4.02. The van der Waals surface area contributed by atoms with Gasteiger partial charge in [0, 0.05) is 30.8 Å². The molecule has 11 heteroatoms. The van der Waals surface area contributed by atoms with Crippen molar-refractivity contribution in [3.05, 3.63) is 77.0 Å². The van der Waals surface area contributed by atoms with Crippen LogP contribution in [0.3, 0.4) is 0 Å². The van der Waals surface area contributed by atoms with Gasteiger partial charge in [0.05, 0.1) is 24.7 Å². The lowest BCUT2D eigenvalue weighted by molar-refractivity contribution is -0.138.